The zero-order chi connectivity index (χ0) is 8.06. The van der Waals surface area contributed by atoms with Crippen LogP contribution in [0.4, 0.5) is 0 Å². The Morgan fingerprint density at radius 1 is 1.09 bits per heavy atom. The van der Waals surface area contributed by atoms with Crippen LogP contribution in [0.1, 0.15) is 19.3 Å². The summed E-state index contributed by atoms with van der Waals surface area (Å²) < 4.78 is 5.35. The molecule has 2 fully saturated rings. The summed E-state index contributed by atoms with van der Waals surface area (Å²) in [7, 11) is 0. The summed E-state index contributed by atoms with van der Waals surface area (Å²) in [6.45, 7) is 0. The minimum Gasteiger partial charge on any atom is -0.370 e. The standard InChI is InChI=1S/C6H9Cl3OSi/c7-11(8,9)4-1-2-5-6(3-4)10-5/h4-6H,1-3H2. The summed E-state index contributed by atoms with van der Waals surface area (Å²) in [5.41, 5.74) is 0.330. The summed E-state index contributed by atoms with van der Waals surface area (Å²) in [5, 5.41) is 0. The lowest BCUT2D eigenvalue weighted by molar-refractivity contribution is 0.373. The topological polar surface area (TPSA) is 12.5 Å². The first-order valence-electron chi connectivity index (χ1n) is 3.79. The van der Waals surface area contributed by atoms with Gasteiger partial charge in [0, 0.05) is 0 Å². The molecular formula is C6H9Cl3OSi. The zero-order valence-electron chi connectivity index (χ0n) is 5.90. The molecule has 1 nitrogen and oxygen atoms in total. The van der Waals surface area contributed by atoms with Gasteiger partial charge in [0.15, 0.2) is 0 Å². The average Bonchev–Trinajstić information content (AvgIpc) is 2.60. The van der Waals surface area contributed by atoms with E-state index in [1.54, 1.807) is 0 Å². The summed E-state index contributed by atoms with van der Waals surface area (Å²) in [4.78, 5) is 0. The molecule has 0 spiro atoms. The van der Waals surface area contributed by atoms with Crippen LogP contribution in [0.2, 0.25) is 5.54 Å². The average molecular weight is 232 g/mol. The van der Waals surface area contributed by atoms with Crippen molar-refractivity contribution in [1.82, 2.24) is 0 Å². The van der Waals surface area contributed by atoms with Gasteiger partial charge in [-0.25, -0.2) is 0 Å². The molecule has 0 aromatic heterocycles. The van der Waals surface area contributed by atoms with Crippen molar-refractivity contribution < 1.29 is 4.74 Å². The van der Waals surface area contributed by atoms with Gasteiger partial charge in [-0.05, 0) is 24.8 Å². The second-order valence-corrected chi connectivity index (χ2v) is 12.3. The molecule has 0 N–H and O–H groups in total. The Morgan fingerprint density at radius 3 is 2.36 bits per heavy atom. The van der Waals surface area contributed by atoms with Crippen LogP contribution in [-0.4, -0.2) is 18.2 Å². The second-order valence-electron chi connectivity index (χ2n) is 3.26. The summed E-state index contributed by atoms with van der Waals surface area (Å²) in [6.07, 6.45) is 4.05. The first kappa shape index (κ1) is 8.64. The largest absolute Gasteiger partial charge is 0.370 e. The Hall–Kier alpha value is 1.05. The van der Waals surface area contributed by atoms with E-state index >= 15 is 0 Å². The molecule has 0 amide bonds. The highest BCUT2D eigenvalue weighted by Crippen LogP contribution is 2.49. The first-order chi connectivity index (χ1) is 5.07. The lowest BCUT2D eigenvalue weighted by Crippen LogP contribution is -2.25. The fourth-order valence-corrected chi connectivity index (χ4v) is 4.48. The minimum atomic E-state index is -2.43. The Morgan fingerprint density at radius 2 is 1.82 bits per heavy atom. The lowest BCUT2D eigenvalue weighted by Gasteiger charge is -2.23. The van der Waals surface area contributed by atoms with Gasteiger partial charge in [0.1, 0.15) is 0 Å². The van der Waals surface area contributed by atoms with Gasteiger partial charge in [-0.15, -0.1) is 33.2 Å². The van der Waals surface area contributed by atoms with Gasteiger partial charge in [0.2, 0.25) is 0 Å². The van der Waals surface area contributed by atoms with Gasteiger partial charge in [-0.1, -0.05) is 0 Å². The van der Waals surface area contributed by atoms with Crippen LogP contribution in [0.25, 0.3) is 0 Å². The van der Waals surface area contributed by atoms with Crippen molar-refractivity contribution >= 4 is 39.2 Å². The fraction of sp³-hybridized carbons (Fsp3) is 1.00. The number of ether oxygens (including phenoxy) is 1. The highest BCUT2D eigenvalue weighted by Gasteiger charge is 2.50. The number of fused-ring (bicyclic) bond motifs is 1. The lowest BCUT2D eigenvalue weighted by atomic mass is 10.0. The van der Waals surface area contributed by atoms with Gasteiger partial charge in [-0.3, -0.25) is 0 Å². The molecule has 1 saturated heterocycles. The molecule has 1 aliphatic carbocycles. The molecule has 0 aromatic rings. The third kappa shape index (κ3) is 1.86. The van der Waals surface area contributed by atoms with Crippen molar-refractivity contribution in [3.05, 3.63) is 0 Å². The summed E-state index contributed by atoms with van der Waals surface area (Å²) in [5.74, 6) is 0. The SMILES string of the molecule is Cl[Si](Cl)(Cl)C1CCC2OC2C1. The van der Waals surface area contributed by atoms with E-state index in [-0.39, 0.29) is 0 Å². The molecule has 3 atom stereocenters. The van der Waals surface area contributed by atoms with Gasteiger partial charge in [-0.2, -0.15) is 0 Å². The van der Waals surface area contributed by atoms with E-state index in [2.05, 4.69) is 0 Å². The monoisotopic (exact) mass is 230 g/mol. The van der Waals surface area contributed by atoms with E-state index in [0.717, 1.165) is 19.3 Å². The predicted molar refractivity (Wildman–Crippen MR) is 49.6 cm³/mol. The molecule has 5 heteroatoms. The van der Waals surface area contributed by atoms with E-state index < -0.39 is 6.00 Å². The highest BCUT2D eigenvalue weighted by atomic mass is 35.8. The van der Waals surface area contributed by atoms with Crippen molar-refractivity contribution in [1.29, 1.82) is 0 Å². The minimum absolute atomic E-state index is 0.330. The molecule has 0 bridgehead atoms. The smallest absolute Gasteiger partial charge is 0.344 e. The van der Waals surface area contributed by atoms with Gasteiger partial charge < -0.3 is 4.74 Å². The van der Waals surface area contributed by atoms with Crippen LogP contribution < -0.4 is 0 Å². The van der Waals surface area contributed by atoms with Crippen LogP contribution in [0.3, 0.4) is 0 Å². The number of rotatable bonds is 1. The van der Waals surface area contributed by atoms with Crippen molar-refractivity contribution in [3.8, 4) is 0 Å². The summed E-state index contributed by atoms with van der Waals surface area (Å²) >= 11 is 17.7. The van der Waals surface area contributed by atoms with Crippen LogP contribution in [0, 0.1) is 0 Å². The third-order valence-electron chi connectivity index (χ3n) is 2.47. The molecule has 0 aromatic carbocycles. The van der Waals surface area contributed by atoms with E-state index in [0.29, 0.717) is 17.7 Å². The van der Waals surface area contributed by atoms with E-state index in [1.807, 2.05) is 0 Å². The normalized spacial score (nSPS) is 43.4. The van der Waals surface area contributed by atoms with Crippen LogP contribution in [-0.2, 0) is 4.74 Å². The molecule has 11 heavy (non-hydrogen) atoms. The van der Waals surface area contributed by atoms with Crippen molar-refractivity contribution in [2.45, 2.75) is 37.0 Å². The fourth-order valence-electron chi connectivity index (χ4n) is 1.70. The molecule has 0 radical (unpaired) electrons. The summed E-state index contributed by atoms with van der Waals surface area (Å²) in [6, 6.07) is -2.43. The quantitative estimate of drug-likeness (QED) is 0.384. The maximum atomic E-state index is 5.91. The molecule has 2 rings (SSSR count). The second kappa shape index (κ2) is 2.77. The zero-order valence-corrected chi connectivity index (χ0v) is 9.16. The number of hydrogen-bond donors (Lipinski definition) is 0. The number of hydrogen-bond acceptors (Lipinski definition) is 1. The predicted octanol–water partition coefficient (Wildman–Crippen LogP) is 2.96. The van der Waals surface area contributed by atoms with Gasteiger partial charge in [0.25, 0.3) is 0 Å². The number of halogens is 3. The number of epoxide rings is 1. The van der Waals surface area contributed by atoms with Crippen molar-refractivity contribution in [2.75, 3.05) is 0 Å². The van der Waals surface area contributed by atoms with Crippen LogP contribution in [0.15, 0.2) is 0 Å². The Kier molecular flexibility index (Phi) is 2.18. The molecule has 1 saturated carbocycles. The Bertz CT molecular complexity index is 170. The molecular weight excluding hydrogens is 223 g/mol. The van der Waals surface area contributed by atoms with Gasteiger partial charge in [0.05, 0.1) is 12.2 Å². The Labute approximate surface area is 81.1 Å². The molecule has 2 aliphatic rings. The molecule has 64 valence electrons. The highest BCUT2D eigenvalue weighted by molar-refractivity contribution is 7.65. The Balaban J connectivity index is 1.95. The van der Waals surface area contributed by atoms with Crippen molar-refractivity contribution in [2.24, 2.45) is 0 Å². The molecule has 1 heterocycles. The maximum Gasteiger partial charge on any atom is 0.344 e. The molecule has 3 unspecified atom stereocenters. The third-order valence-corrected chi connectivity index (χ3v) is 6.69. The van der Waals surface area contributed by atoms with E-state index in [4.69, 9.17) is 38.0 Å². The van der Waals surface area contributed by atoms with E-state index in [9.17, 15) is 0 Å². The van der Waals surface area contributed by atoms with E-state index in [1.165, 1.54) is 0 Å². The van der Waals surface area contributed by atoms with Crippen LogP contribution >= 0.6 is 33.2 Å². The van der Waals surface area contributed by atoms with Gasteiger partial charge >= 0.3 is 6.00 Å². The molecule has 1 aliphatic heterocycles. The van der Waals surface area contributed by atoms with Crippen LogP contribution in [0.5, 0.6) is 0 Å². The maximum absolute atomic E-state index is 5.91. The first-order valence-corrected chi connectivity index (χ1v) is 8.91. The van der Waals surface area contributed by atoms with Crippen molar-refractivity contribution in [3.63, 3.8) is 0 Å².